The Morgan fingerprint density at radius 3 is 2.84 bits per heavy atom. The van der Waals surface area contributed by atoms with Crippen molar-refractivity contribution in [3.63, 3.8) is 0 Å². The third-order valence-electron chi connectivity index (χ3n) is 3.50. The molecule has 1 heterocycles. The van der Waals surface area contributed by atoms with E-state index in [0.29, 0.717) is 5.56 Å². The van der Waals surface area contributed by atoms with E-state index in [1.165, 1.54) is 0 Å². The maximum absolute atomic E-state index is 10.1. The normalized spacial score (nSPS) is 17.6. The number of hydrogen-bond acceptors (Lipinski definition) is 4. The molecule has 1 saturated heterocycles. The van der Waals surface area contributed by atoms with Crippen LogP contribution in [0.1, 0.15) is 23.6 Å². The average Bonchev–Trinajstić information content (AvgIpc) is 2.47. The number of nitrogens with zero attached hydrogens (tertiary/aromatic N) is 2. The molecule has 0 radical (unpaired) electrons. The van der Waals surface area contributed by atoms with E-state index in [4.69, 9.17) is 5.26 Å². The average molecular weight is 257 g/mol. The molecule has 4 heteroatoms. The van der Waals surface area contributed by atoms with Crippen molar-refractivity contribution in [3.8, 4) is 11.8 Å². The number of nitriles is 1. The summed E-state index contributed by atoms with van der Waals surface area (Å²) in [5.74, 6) is 0.254. The predicted octanol–water partition coefficient (Wildman–Crippen LogP) is 1.79. The quantitative estimate of drug-likeness (QED) is 0.807. The smallest absolute Gasteiger partial charge is 0.120 e. The summed E-state index contributed by atoms with van der Waals surface area (Å²) in [6.07, 6.45) is 2.63. The van der Waals surface area contributed by atoms with E-state index in [1.54, 1.807) is 18.2 Å². The number of nitrogens with one attached hydrogen (secondary N) is 1. The lowest BCUT2D eigenvalue weighted by molar-refractivity contribution is 0.172. The van der Waals surface area contributed by atoms with Crippen LogP contribution >= 0.6 is 0 Å². The van der Waals surface area contributed by atoms with Crippen LogP contribution in [0.25, 0.3) is 0 Å². The van der Waals surface area contributed by atoms with Crippen molar-refractivity contribution in [1.29, 1.82) is 5.26 Å². The van der Waals surface area contributed by atoms with Gasteiger partial charge in [-0.3, -0.25) is 4.90 Å². The first-order valence-electron chi connectivity index (χ1n) is 6.55. The second kappa shape index (κ2) is 6.37. The van der Waals surface area contributed by atoms with E-state index in [1.807, 2.05) is 6.08 Å². The number of aromatic hydroxyl groups is 1. The summed E-state index contributed by atoms with van der Waals surface area (Å²) in [6.45, 7) is 7.58. The molecule has 4 nitrogen and oxygen atoms in total. The fourth-order valence-electron chi connectivity index (χ4n) is 2.52. The molecular formula is C15H19N3O. The molecule has 0 spiro atoms. The van der Waals surface area contributed by atoms with Crippen molar-refractivity contribution in [2.75, 3.05) is 26.2 Å². The summed E-state index contributed by atoms with van der Waals surface area (Å²) in [5, 5.41) is 22.4. The third-order valence-corrected chi connectivity index (χ3v) is 3.50. The number of phenolic OH excluding ortho intramolecular Hbond substituents is 1. The third kappa shape index (κ3) is 3.14. The Hall–Kier alpha value is -1.83. The molecule has 2 N–H and O–H groups in total. The Kier molecular flexibility index (Phi) is 4.56. The van der Waals surface area contributed by atoms with Gasteiger partial charge in [0.15, 0.2) is 0 Å². The highest BCUT2D eigenvalue weighted by Crippen LogP contribution is 2.32. The van der Waals surface area contributed by atoms with E-state index < -0.39 is 0 Å². The van der Waals surface area contributed by atoms with Gasteiger partial charge in [-0.05, 0) is 24.6 Å². The zero-order chi connectivity index (χ0) is 13.7. The number of benzene rings is 1. The SMILES string of the molecule is C=CC[C@@H](c1cc(C#N)ccc1O)N1CCNCC1. The van der Waals surface area contributed by atoms with Crippen LogP contribution in [0.4, 0.5) is 0 Å². The maximum Gasteiger partial charge on any atom is 0.120 e. The van der Waals surface area contributed by atoms with Crippen molar-refractivity contribution in [1.82, 2.24) is 10.2 Å². The van der Waals surface area contributed by atoms with Crippen LogP contribution in [-0.2, 0) is 0 Å². The minimum Gasteiger partial charge on any atom is -0.508 e. The van der Waals surface area contributed by atoms with Crippen LogP contribution < -0.4 is 5.32 Å². The lowest BCUT2D eigenvalue weighted by Gasteiger charge is -2.35. The van der Waals surface area contributed by atoms with Crippen molar-refractivity contribution < 1.29 is 5.11 Å². The van der Waals surface area contributed by atoms with E-state index in [9.17, 15) is 5.11 Å². The Labute approximate surface area is 114 Å². The molecular weight excluding hydrogens is 238 g/mol. The molecule has 0 bridgehead atoms. The molecule has 100 valence electrons. The highest BCUT2D eigenvalue weighted by Gasteiger charge is 2.23. The van der Waals surface area contributed by atoms with Gasteiger partial charge in [-0.25, -0.2) is 0 Å². The van der Waals surface area contributed by atoms with Crippen LogP contribution in [0, 0.1) is 11.3 Å². The summed E-state index contributed by atoms with van der Waals surface area (Å²) in [6, 6.07) is 7.24. The first-order valence-corrected chi connectivity index (χ1v) is 6.55. The van der Waals surface area contributed by atoms with Crippen molar-refractivity contribution in [2.24, 2.45) is 0 Å². The zero-order valence-electron chi connectivity index (χ0n) is 11.0. The minimum absolute atomic E-state index is 0.0906. The first-order chi connectivity index (χ1) is 9.26. The zero-order valence-corrected chi connectivity index (χ0v) is 11.0. The summed E-state index contributed by atoms with van der Waals surface area (Å²) < 4.78 is 0. The molecule has 1 aliphatic rings. The van der Waals surface area contributed by atoms with Gasteiger partial charge in [0.05, 0.1) is 11.6 Å². The fourth-order valence-corrected chi connectivity index (χ4v) is 2.52. The molecule has 19 heavy (non-hydrogen) atoms. The number of phenols is 1. The van der Waals surface area contributed by atoms with Gasteiger partial charge < -0.3 is 10.4 Å². The lowest BCUT2D eigenvalue weighted by Crippen LogP contribution is -2.45. The van der Waals surface area contributed by atoms with E-state index in [2.05, 4.69) is 22.9 Å². The molecule has 1 aromatic carbocycles. The first kappa shape index (κ1) is 13.6. The molecule has 2 rings (SSSR count). The molecule has 0 amide bonds. The van der Waals surface area contributed by atoms with Gasteiger partial charge in [-0.15, -0.1) is 6.58 Å². The fraction of sp³-hybridized carbons (Fsp3) is 0.400. The van der Waals surface area contributed by atoms with Crippen LogP contribution in [0.3, 0.4) is 0 Å². The van der Waals surface area contributed by atoms with E-state index >= 15 is 0 Å². The van der Waals surface area contributed by atoms with Gasteiger partial charge in [-0.2, -0.15) is 5.26 Å². The second-order valence-corrected chi connectivity index (χ2v) is 4.71. The monoisotopic (exact) mass is 257 g/mol. The predicted molar refractivity (Wildman–Crippen MR) is 74.8 cm³/mol. The molecule has 0 saturated carbocycles. The largest absolute Gasteiger partial charge is 0.508 e. The highest BCUT2D eigenvalue weighted by atomic mass is 16.3. The van der Waals surface area contributed by atoms with Crippen molar-refractivity contribution >= 4 is 0 Å². The van der Waals surface area contributed by atoms with Crippen LogP contribution in [0.15, 0.2) is 30.9 Å². The van der Waals surface area contributed by atoms with Gasteiger partial charge in [0.1, 0.15) is 5.75 Å². The van der Waals surface area contributed by atoms with Gasteiger partial charge in [0.2, 0.25) is 0 Å². The second-order valence-electron chi connectivity index (χ2n) is 4.71. The van der Waals surface area contributed by atoms with E-state index in [0.717, 1.165) is 38.2 Å². The van der Waals surface area contributed by atoms with Crippen molar-refractivity contribution in [2.45, 2.75) is 12.5 Å². The van der Waals surface area contributed by atoms with Crippen LogP contribution in [0.5, 0.6) is 5.75 Å². The molecule has 0 unspecified atom stereocenters. The Morgan fingerprint density at radius 2 is 2.21 bits per heavy atom. The summed E-state index contributed by atoms with van der Waals surface area (Å²) in [5.41, 5.74) is 1.40. The lowest BCUT2D eigenvalue weighted by atomic mass is 9.98. The van der Waals surface area contributed by atoms with Gasteiger partial charge in [0, 0.05) is 37.8 Å². The molecule has 1 aliphatic heterocycles. The summed E-state index contributed by atoms with van der Waals surface area (Å²) >= 11 is 0. The summed E-state index contributed by atoms with van der Waals surface area (Å²) in [4.78, 5) is 2.33. The molecule has 1 fully saturated rings. The van der Waals surface area contributed by atoms with Crippen LogP contribution in [0.2, 0.25) is 0 Å². The number of piperazine rings is 1. The minimum atomic E-state index is 0.0906. The Balaban J connectivity index is 2.32. The number of rotatable bonds is 4. The molecule has 0 aliphatic carbocycles. The molecule has 0 aromatic heterocycles. The van der Waals surface area contributed by atoms with Gasteiger partial charge >= 0.3 is 0 Å². The number of hydrogen-bond donors (Lipinski definition) is 2. The van der Waals surface area contributed by atoms with E-state index in [-0.39, 0.29) is 11.8 Å². The Bertz CT molecular complexity index is 487. The topological polar surface area (TPSA) is 59.3 Å². The standard InChI is InChI=1S/C15H19N3O/c1-2-3-14(18-8-6-17-7-9-18)13-10-12(11-16)4-5-15(13)19/h2,4-5,10,14,17,19H,1,3,6-9H2/t14-/m0/s1. The highest BCUT2D eigenvalue weighted by molar-refractivity contribution is 5.43. The summed E-state index contributed by atoms with van der Waals surface area (Å²) in [7, 11) is 0. The Morgan fingerprint density at radius 1 is 1.47 bits per heavy atom. The van der Waals surface area contributed by atoms with Crippen molar-refractivity contribution in [3.05, 3.63) is 42.0 Å². The van der Waals surface area contributed by atoms with Gasteiger partial charge in [0.25, 0.3) is 0 Å². The van der Waals surface area contributed by atoms with Gasteiger partial charge in [-0.1, -0.05) is 6.08 Å². The molecule has 1 aromatic rings. The maximum atomic E-state index is 10.1. The van der Waals surface area contributed by atoms with Crippen LogP contribution in [-0.4, -0.2) is 36.2 Å². The molecule has 1 atom stereocenters.